The Balaban J connectivity index is 2.02. The third-order valence-electron chi connectivity index (χ3n) is 3.29. The van der Waals surface area contributed by atoms with E-state index in [0.29, 0.717) is 10.7 Å². The van der Waals surface area contributed by atoms with E-state index in [4.69, 9.17) is 16.3 Å². The fourth-order valence-electron chi connectivity index (χ4n) is 2.23. The van der Waals surface area contributed by atoms with E-state index in [9.17, 15) is 4.79 Å². The number of rotatable bonds is 4. The number of urea groups is 1. The first kappa shape index (κ1) is 16.9. The summed E-state index contributed by atoms with van der Waals surface area (Å²) in [5.74, 6) is 0.739. The number of anilines is 1. The summed E-state index contributed by atoms with van der Waals surface area (Å²) in [6, 6.07) is 11.0. The molecule has 4 nitrogen and oxygen atoms in total. The highest BCUT2D eigenvalue weighted by molar-refractivity contribution is 6.34. The van der Waals surface area contributed by atoms with Crippen molar-refractivity contribution in [2.24, 2.45) is 0 Å². The number of nitrogens with one attached hydrogen (secondary N) is 2. The lowest BCUT2D eigenvalue weighted by Crippen LogP contribution is -2.24. The third-order valence-corrected chi connectivity index (χ3v) is 3.58. The first-order valence-electron chi connectivity index (χ1n) is 7.15. The molecule has 0 aromatic heterocycles. The molecule has 2 rings (SSSR count). The molecule has 0 spiro atoms. The standard InChI is InChI=1S/C18H19ClN2O2/c1-12-10-13(2)17(15(19)11-12)21-18(22)20-9-8-14-6-4-5-7-16(14)23-3/h4-11H,1-3H3,(H2,20,21,22)/b9-8+. The van der Waals surface area contributed by atoms with E-state index >= 15 is 0 Å². The van der Waals surface area contributed by atoms with Crippen LogP contribution in [0, 0.1) is 13.8 Å². The minimum absolute atomic E-state index is 0.356. The summed E-state index contributed by atoms with van der Waals surface area (Å²) < 4.78 is 5.24. The molecule has 2 N–H and O–H groups in total. The van der Waals surface area contributed by atoms with Gasteiger partial charge in [0, 0.05) is 11.8 Å². The molecule has 0 atom stereocenters. The highest BCUT2D eigenvalue weighted by Crippen LogP contribution is 2.27. The molecule has 0 aliphatic carbocycles. The Kier molecular flexibility index (Phi) is 5.66. The number of halogens is 1. The number of benzene rings is 2. The van der Waals surface area contributed by atoms with Crippen molar-refractivity contribution < 1.29 is 9.53 Å². The lowest BCUT2D eigenvalue weighted by atomic mass is 10.1. The predicted octanol–water partition coefficient (Wildman–Crippen LogP) is 4.76. The van der Waals surface area contributed by atoms with Gasteiger partial charge in [-0.1, -0.05) is 35.9 Å². The average Bonchev–Trinajstić information content (AvgIpc) is 2.51. The van der Waals surface area contributed by atoms with E-state index < -0.39 is 0 Å². The van der Waals surface area contributed by atoms with Gasteiger partial charge in [0.15, 0.2) is 0 Å². The van der Waals surface area contributed by atoms with Crippen LogP contribution in [0.15, 0.2) is 42.6 Å². The molecule has 0 aliphatic rings. The minimum atomic E-state index is -0.356. The third kappa shape index (κ3) is 4.50. The van der Waals surface area contributed by atoms with E-state index in [1.165, 1.54) is 0 Å². The second-order valence-electron chi connectivity index (χ2n) is 5.11. The van der Waals surface area contributed by atoms with Gasteiger partial charge >= 0.3 is 6.03 Å². The first-order valence-corrected chi connectivity index (χ1v) is 7.53. The van der Waals surface area contributed by atoms with Gasteiger partial charge in [0.2, 0.25) is 0 Å². The number of para-hydroxylation sites is 1. The van der Waals surface area contributed by atoms with E-state index in [1.54, 1.807) is 19.4 Å². The van der Waals surface area contributed by atoms with Gasteiger partial charge in [-0.3, -0.25) is 0 Å². The number of hydrogen-bond acceptors (Lipinski definition) is 2. The van der Waals surface area contributed by atoms with Crippen molar-refractivity contribution in [1.29, 1.82) is 0 Å². The van der Waals surface area contributed by atoms with E-state index in [-0.39, 0.29) is 6.03 Å². The SMILES string of the molecule is COc1ccccc1/C=C/NC(=O)Nc1c(C)cc(C)cc1Cl. The van der Waals surface area contributed by atoms with Crippen LogP contribution in [0.1, 0.15) is 16.7 Å². The molecule has 0 fully saturated rings. The zero-order chi connectivity index (χ0) is 16.8. The van der Waals surface area contributed by atoms with Gasteiger partial charge in [0.25, 0.3) is 0 Å². The smallest absolute Gasteiger partial charge is 0.323 e. The topological polar surface area (TPSA) is 50.4 Å². The van der Waals surface area contributed by atoms with Gasteiger partial charge < -0.3 is 15.4 Å². The van der Waals surface area contributed by atoms with Crippen LogP contribution in [0.5, 0.6) is 5.75 Å². The molecule has 0 saturated carbocycles. The largest absolute Gasteiger partial charge is 0.496 e. The Bertz CT molecular complexity index is 719. The van der Waals surface area contributed by atoms with Crippen molar-refractivity contribution in [3.63, 3.8) is 0 Å². The monoisotopic (exact) mass is 330 g/mol. The Morgan fingerprint density at radius 3 is 2.65 bits per heavy atom. The second kappa shape index (κ2) is 7.70. The minimum Gasteiger partial charge on any atom is -0.496 e. The van der Waals surface area contributed by atoms with Gasteiger partial charge in [-0.05, 0) is 43.2 Å². The number of methoxy groups -OCH3 is 1. The summed E-state index contributed by atoms with van der Waals surface area (Å²) in [5.41, 5.74) is 3.45. The Morgan fingerprint density at radius 2 is 1.96 bits per heavy atom. The summed E-state index contributed by atoms with van der Waals surface area (Å²) in [7, 11) is 1.61. The van der Waals surface area contributed by atoms with Gasteiger partial charge in [0.1, 0.15) is 5.75 Å². The van der Waals surface area contributed by atoms with Crippen molar-refractivity contribution in [2.45, 2.75) is 13.8 Å². The van der Waals surface area contributed by atoms with E-state index in [2.05, 4.69) is 10.6 Å². The Morgan fingerprint density at radius 1 is 1.22 bits per heavy atom. The molecular weight excluding hydrogens is 312 g/mol. The number of hydrogen-bond donors (Lipinski definition) is 2. The molecule has 120 valence electrons. The second-order valence-corrected chi connectivity index (χ2v) is 5.52. The van der Waals surface area contributed by atoms with Gasteiger partial charge in [-0.25, -0.2) is 4.79 Å². The fourth-order valence-corrected chi connectivity index (χ4v) is 2.60. The van der Waals surface area contributed by atoms with E-state index in [1.807, 2.05) is 50.2 Å². The highest BCUT2D eigenvalue weighted by atomic mass is 35.5. The first-order chi connectivity index (χ1) is 11.0. The van der Waals surface area contributed by atoms with Gasteiger partial charge in [-0.2, -0.15) is 0 Å². The quantitative estimate of drug-likeness (QED) is 0.849. The fraction of sp³-hybridized carbons (Fsp3) is 0.167. The molecular formula is C18H19ClN2O2. The summed E-state index contributed by atoms with van der Waals surface area (Å²) in [6.07, 6.45) is 3.33. The molecule has 0 aliphatic heterocycles. The van der Waals surface area contributed by atoms with Crippen LogP contribution < -0.4 is 15.4 Å². The normalized spacial score (nSPS) is 10.6. The van der Waals surface area contributed by atoms with Crippen LogP contribution >= 0.6 is 11.6 Å². The van der Waals surface area contributed by atoms with Gasteiger partial charge in [-0.15, -0.1) is 0 Å². The van der Waals surface area contributed by atoms with Crippen LogP contribution in [-0.2, 0) is 0 Å². The summed E-state index contributed by atoms with van der Waals surface area (Å²) in [6.45, 7) is 3.86. The number of aryl methyl sites for hydroxylation is 2. The molecule has 2 amide bonds. The molecule has 0 radical (unpaired) electrons. The molecule has 23 heavy (non-hydrogen) atoms. The van der Waals surface area contributed by atoms with Crippen LogP contribution in [0.3, 0.4) is 0 Å². The number of ether oxygens (including phenoxy) is 1. The van der Waals surface area contributed by atoms with Crippen LogP contribution in [0.25, 0.3) is 6.08 Å². The van der Waals surface area contributed by atoms with Crippen LogP contribution in [-0.4, -0.2) is 13.1 Å². The lowest BCUT2D eigenvalue weighted by molar-refractivity contribution is 0.255. The number of amides is 2. The molecule has 0 bridgehead atoms. The molecule has 0 unspecified atom stereocenters. The van der Waals surface area contributed by atoms with Crippen molar-refractivity contribution in [1.82, 2.24) is 5.32 Å². The summed E-state index contributed by atoms with van der Waals surface area (Å²) >= 11 is 6.17. The maximum Gasteiger partial charge on any atom is 0.323 e. The van der Waals surface area contributed by atoms with Crippen molar-refractivity contribution >= 4 is 29.4 Å². The number of carbonyl (C=O) groups excluding carboxylic acids is 1. The van der Waals surface area contributed by atoms with Crippen molar-refractivity contribution in [2.75, 3.05) is 12.4 Å². The Hall–Kier alpha value is -2.46. The molecule has 2 aromatic rings. The van der Waals surface area contributed by atoms with Crippen LogP contribution in [0.4, 0.5) is 10.5 Å². The molecule has 0 saturated heterocycles. The number of carbonyl (C=O) groups is 1. The maximum atomic E-state index is 12.0. The highest BCUT2D eigenvalue weighted by Gasteiger charge is 2.08. The molecule has 5 heteroatoms. The maximum absolute atomic E-state index is 12.0. The zero-order valence-electron chi connectivity index (χ0n) is 13.3. The molecule has 2 aromatic carbocycles. The lowest BCUT2D eigenvalue weighted by Gasteiger charge is -2.11. The average molecular weight is 331 g/mol. The Labute approximate surface area is 141 Å². The molecule has 0 heterocycles. The van der Waals surface area contributed by atoms with E-state index in [0.717, 1.165) is 22.4 Å². The van der Waals surface area contributed by atoms with Crippen LogP contribution in [0.2, 0.25) is 5.02 Å². The van der Waals surface area contributed by atoms with Gasteiger partial charge in [0.05, 0.1) is 17.8 Å². The summed E-state index contributed by atoms with van der Waals surface area (Å²) in [5, 5.41) is 5.93. The van der Waals surface area contributed by atoms with Crippen molar-refractivity contribution in [3.05, 3.63) is 64.3 Å². The van der Waals surface area contributed by atoms with Crippen molar-refractivity contribution in [3.8, 4) is 5.75 Å². The zero-order valence-corrected chi connectivity index (χ0v) is 14.1. The summed E-state index contributed by atoms with van der Waals surface area (Å²) in [4.78, 5) is 12.0. The predicted molar refractivity (Wildman–Crippen MR) is 95.1 cm³/mol.